The topological polar surface area (TPSA) is 55.0 Å². The summed E-state index contributed by atoms with van der Waals surface area (Å²) < 4.78 is 5.19. The highest BCUT2D eigenvalue weighted by Gasteiger charge is 2.14. The zero-order chi connectivity index (χ0) is 15.0. The number of aromatic nitrogens is 2. The van der Waals surface area contributed by atoms with Gasteiger partial charge < -0.3 is 9.72 Å². The maximum absolute atomic E-state index is 12.1. The minimum absolute atomic E-state index is 0.258. The Morgan fingerprint density at radius 3 is 2.62 bits per heavy atom. The second-order valence-corrected chi connectivity index (χ2v) is 5.54. The molecule has 2 aromatic heterocycles. The normalized spacial score (nSPS) is 10.8. The molecule has 21 heavy (non-hydrogen) atoms. The maximum Gasteiger partial charge on any atom is 0.360 e. The van der Waals surface area contributed by atoms with E-state index >= 15 is 0 Å². The number of ether oxygens (including phenoxy) is 1. The van der Waals surface area contributed by atoms with Crippen LogP contribution in [0, 0.1) is 0 Å². The number of carbonyl (C=O) groups excluding carboxylic acids is 1. The molecule has 0 spiro atoms. The summed E-state index contributed by atoms with van der Waals surface area (Å²) in [4.78, 5) is 18.8. The number of H-pyrrole nitrogens is 1. The van der Waals surface area contributed by atoms with E-state index in [1.807, 2.05) is 0 Å². The van der Waals surface area contributed by atoms with Crippen LogP contribution >= 0.6 is 34.8 Å². The van der Waals surface area contributed by atoms with E-state index in [1.54, 1.807) is 18.2 Å². The molecule has 3 rings (SSSR count). The maximum atomic E-state index is 12.1. The van der Waals surface area contributed by atoms with Crippen molar-refractivity contribution in [1.82, 2.24) is 9.97 Å². The van der Waals surface area contributed by atoms with Gasteiger partial charge in [0.05, 0.1) is 16.2 Å². The summed E-state index contributed by atoms with van der Waals surface area (Å²) in [5.74, 6) is -0.308. The highest BCUT2D eigenvalue weighted by Crippen LogP contribution is 2.28. The minimum Gasteiger partial charge on any atom is -0.420 e. The lowest BCUT2D eigenvalue weighted by Crippen LogP contribution is -2.08. The third-order valence-electron chi connectivity index (χ3n) is 2.76. The Kier molecular flexibility index (Phi) is 3.76. The zero-order valence-corrected chi connectivity index (χ0v) is 12.6. The average Bonchev–Trinajstić information content (AvgIpc) is 2.83. The SMILES string of the molecule is O=C(Oc1cncc(Cl)c1)c1cc2c(Cl)cc(Cl)cc2[nH]1. The molecule has 0 aliphatic rings. The minimum atomic E-state index is -0.567. The van der Waals surface area contributed by atoms with Crippen molar-refractivity contribution in [3.05, 3.63) is 57.4 Å². The standard InChI is InChI=1S/C14H7Cl3N2O2/c15-7-2-11(17)10-4-13(19-12(10)3-7)14(20)21-9-1-8(16)5-18-6-9/h1-6,19H. The lowest BCUT2D eigenvalue weighted by Gasteiger charge is -2.01. The molecule has 0 radical (unpaired) electrons. The number of carbonyl (C=O) groups is 1. The third-order valence-corrected chi connectivity index (χ3v) is 3.50. The smallest absolute Gasteiger partial charge is 0.360 e. The number of fused-ring (bicyclic) bond motifs is 1. The Morgan fingerprint density at radius 1 is 1.05 bits per heavy atom. The van der Waals surface area contributed by atoms with E-state index in [4.69, 9.17) is 39.5 Å². The summed E-state index contributed by atoms with van der Waals surface area (Å²) in [6.45, 7) is 0. The van der Waals surface area contributed by atoms with Crippen LogP contribution in [0.15, 0.2) is 36.7 Å². The molecule has 7 heteroatoms. The molecular weight excluding hydrogens is 335 g/mol. The third kappa shape index (κ3) is 2.97. The molecule has 0 saturated carbocycles. The van der Waals surface area contributed by atoms with Gasteiger partial charge in [-0.2, -0.15) is 0 Å². The Labute approximate surface area is 134 Å². The van der Waals surface area contributed by atoms with Gasteiger partial charge in [0.2, 0.25) is 0 Å². The summed E-state index contributed by atoms with van der Waals surface area (Å²) in [5.41, 5.74) is 0.915. The van der Waals surface area contributed by atoms with Crippen molar-refractivity contribution in [3.8, 4) is 5.75 Å². The first kappa shape index (κ1) is 14.2. The van der Waals surface area contributed by atoms with Gasteiger partial charge in [0.25, 0.3) is 0 Å². The van der Waals surface area contributed by atoms with Crippen LogP contribution in [0.25, 0.3) is 10.9 Å². The average molecular weight is 342 g/mol. The first-order valence-electron chi connectivity index (χ1n) is 5.83. The second kappa shape index (κ2) is 5.56. The lowest BCUT2D eigenvalue weighted by atomic mass is 10.2. The van der Waals surface area contributed by atoms with Crippen LogP contribution in [0.5, 0.6) is 5.75 Å². The zero-order valence-electron chi connectivity index (χ0n) is 10.4. The summed E-state index contributed by atoms with van der Waals surface area (Å²) in [7, 11) is 0. The second-order valence-electron chi connectivity index (χ2n) is 4.26. The Hall–Kier alpha value is -1.75. The first-order chi connectivity index (χ1) is 10.0. The van der Waals surface area contributed by atoms with Crippen LogP contribution in [0.3, 0.4) is 0 Å². The highest BCUT2D eigenvalue weighted by molar-refractivity contribution is 6.38. The summed E-state index contributed by atoms with van der Waals surface area (Å²) in [6.07, 6.45) is 2.85. The number of pyridine rings is 1. The van der Waals surface area contributed by atoms with Gasteiger partial charge in [-0.1, -0.05) is 34.8 Å². The van der Waals surface area contributed by atoms with Gasteiger partial charge >= 0.3 is 5.97 Å². The van der Waals surface area contributed by atoms with E-state index in [-0.39, 0.29) is 11.4 Å². The quantitative estimate of drug-likeness (QED) is 0.685. The monoisotopic (exact) mass is 340 g/mol. The van der Waals surface area contributed by atoms with Crippen molar-refractivity contribution in [2.75, 3.05) is 0 Å². The van der Waals surface area contributed by atoms with Crippen LogP contribution in [0.2, 0.25) is 15.1 Å². The highest BCUT2D eigenvalue weighted by atomic mass is 35.5. The number of esters is 1. The van der Waals surface area contributed by atoms with Crippen molar-refractivity contribution in [2.24, 2.45) is 0 Å². The molecule has 0 saturated heterocycles. The molecule has 3 aromatic rings. The number of aromatic amines is 1. The van der Waals surface area contributed by atoms with Crippen molar-refractivity contribution in [2.45, 2.75) is 0 Å². The number of rotatable bonds is 2. The lowest BCUT2D eigenvalue weighted by molar-refractivity contribution is 0.0729. The van der Waals surface area contributed by atoms with Gasteiger partial charge in [-0.25, -0.2) is 4.79 Å². The number of halogens is 3. The van der Waals surface area contributed by atoms with Crippen molar-refractivity contribution >= 4 is 51.7 Å². The molecule has 0 fully saturated rings. The Bertz CT molecular complexity index is 845. The van der Waals surface area contributed by atoms with Gasteiger partial charge in [-0.05, 0) is 18.2 Å². The molecule has 1 N–H and O–H groups in total. The van der Waals surface area contributed by atoms with Crippen molar-refractivity contribution in [1.29, 1.82) is 0 Å². The Balaban J connectivity index is 1.93. The van der Waals surface area contributed by atoms with Crippen LogP contribution in [-0.2, 0) is 0 Å². The summed E-state index contributed by atoms with van der Waals surface area (Å²) in [6, 6.07) is 6.39. The van der Waals surface area contributed by atoms with Gasteiger partial charge in [-0.15, -0.1) is 0 Å². The molecule has 2 heterocycles. The fraction of sp³-hybridized carbons (Fsp3) is 0. The summed E-state index contributed by atoms with van der Waals surface area (Å²) >= 11 is 17.8. The predicted octanol–water partition coefficient (Wildman–Crippen LogP) is 4.74. The molecular formula is C14H7Cl3N2O2. The van der Waals surface area contributed by atoms with Gasteiger partial charge in [0.15, 0.2) is 5.75 Å². The van der Waals surface area contributed by atoms with Gasteiger partial charge in [0.1, 0.15) is 5.69 Å². The van der Waals surface area contributed by atoms with E-state index in [9.17, 15) is 4.79 Å². The van der Waals surface area contributed by atoms with E-state index in [0.717, 1.165) is 0 Å². The molecule has 0 unspecified atom stereocenters. The number of hydrogen-bond acceptors (Lipinski definition) is 3. The van der Waals surface area contributed by atoms with E-state index in [0.29, 0.717) is 26.0 Å². The van der Waals surface area contributed by atoms with Crippen LogP contribution in [0.1, 0.15) is 10.5 Å². The molecule has 0 aliphatic heterocycles. The number of nitrogens with one attached hydrogen (secondary N) is 1. The fourth-order valence-corrected chi connectivity index (χ4v) is 2.59. The van der Waals surface area contributed by atoms with Gasteiger partial charge in [-0.3, -0.25) is 4.98 Å². The Morgan fingerprint density at radius 2 is 1.86 bits per heavy atom. The van der Waals surface area contributed by atoms with Crippen LogP contribution in [-0.4, -0.2) is 15.9 Å². The molecule has 106 valence electrons. The molecule has 0 bridgehead atoms. The van der Waals surface area contributed by atoms with Crippen molar-refractivity contribution < 1.29 is 9.53 Å². The predicted molar refractivity (Wildman–Crippen MR) is 82.5 cm³/mol. The number of nitrogens with zero attached hydrogens (tertiary/aromatic N) is 1. The number of hydrogen-bond donors (Lipinski definition) is 1. The largest absolute Gasteiger partial charge is 0.420 e. The van der Waals surface area contributed by atoms with Crippen LogP contribution in [0.4, 0.5) is 0 Å². The van der Waals surface area contributed by atoms with Gasteiger partial charge in [0, 0.05) is 28.2 Å². The molecule has 0 aliphatic carbocycles. The summed E-state index contributed by atoms with van der Waals surface area (Å²) in [5, 5.41) is 2.01. The van der Waals surface area contributed by atoms with E-state index in [2.05, 4.69) is 9.97 Å². The number of benzene rings is 1. The van der Waals surface area contributed by atoms with Crippen LogP contribution < -0.4 is 4.74 Å². The first-order valence-corrected chi connectivity index (χ1v) is 6.97. The molecule has 0 atom stereocenters. The molecule has 0 amide bonds. The van der Waals surface area contributed by atoms with E-state index < -0.39 is 5.97 Å². The molecule has 1 aromatic carbocycles. The van der Waals surface area contributed by atoms with Crippen molar-refractivity contribution in [3.63, 3.8) is 0 Å². The molecule has 4 nitrogen and oxygen atoms in total. The fourth-order valence-electron chi connectivity index (χ4n) is 1.88. The van der Waals surface area contributed by atoms with E-state index in [1.165, 1.54) is 18.5 Å².